The molecule has 1 fully saturated rings. The zero-order valence-electron chi connectivity index (χ0n) is 11.8. The highest BCUT2D eigenvalue weighted by atomic mass is 16.2. The third kappa shape index (κ3) is 4.39. The Bertz CT molecular complexity index is 426. The van der Waals surface area contributed by atoms with Gasteiger partial charge in [-0.1, -0.05) is 32.9 Å². The monoisotopic (exact) mass is 262 g/mol. The molecule has 0 spiro atoms. The highest BCUT2D eigenvalue weighted by Crippen LogP contribution is 2.14. The highest BCUT2D eigenvalue weighted by Gasteiger charge is 2.26. The lowest BCUT2D eigenvalue weighted by atomic mass is 10.1. The van der Waals surface area contributed by atoms with E-state index in [1.54, 1.807) is 0 Å². The molecule has 0 aliphatic carbocycles. The summed E-state index contributed by atoms with van der Waals surface area (Å²) in [5.41, 5.74) is 2.18. The lowest BCUT2D eigenvalue weighted by molar-refractivity contribution is -0.133. The van der Waals surface area contributed by atoms with Crippen LogP contribution >= 0.6 is 0 Å². The highest BCUT2D eigenvalue weighted by molar-refractivity contribution is 6.01. The van der Waals surface area contributed by atoms with E-state index in [0.29, 0.717) is 12.8 Å². The molecular weight excluding hydrogens is 240 g/mol. The summed E-state index contributed by atoms with van der Waals surface area (Å²) < 4.78 is 0. The molecule has 1 heterocycles. The minimum Gasteiger partial charge on any atom is -0.374 e. The summed E-state index contributed by atoms with van der Waals surface area (Å²) >= 11 is 0. The minimum absolute atomic E-state index is 0.186. The Morgan fingerprint density at radius 1 is 1.21 bits per heavy atom. The molecule has 4 heteroatoms. The zero-order chi connectivity index (χ0) is 14.3. The molecule has 0 saturated carbocycles. The number of amides is 2. The van der Waals surface area contributed by atoms with E-state index in [4.69, 9.17) is 0 Å². The summed E-state index contributed by atoms with van der Waals surface area (Å²) in [6, 6.07) is 7.69. The number of piperidine rings is 1. The summed E-state index contributed by atoms with van der Waals surface area (Å²) in [4.78, 5) is 22.5. The van der Waals surface area contributed by atoms with Crippen LogP contribution < -0.4 is 10.6 Å². The van der Waals surface area contributed by atoms with Gasteiger partial charge in [0.25, 0.3) is 0 Å². The number of nitrogens with one attached hydrogen (secondary N) is 2. The number of benzene rings is 1. The number of hydrogen-bond donors (Lipinski definition) is 2. The smallest absolute Gasteiger partial charge is 0.249 e. The quantitative estimate of drug-likeness (QED) is 0.823. The second kappa shape index (κ2) is 7.56. The molecule has 2 amide bonds. The van der Waals surface area contributed by atoms with Crippen LogP contribution in [-0.4, -0.2) is 17.9 Å². The molecule has 0 aromatic heterocycles. The number of anilines is 1. The van der Waals surface area contributed by atoms with Crippen LogP contribution in [0.3, 0.4) is 0 Å². The molecule has 1 unspecified atom stereocenters. The molecule has 2 rings (SSSR count). The van der Waals surface area contributed by atoms with E-state index in [0.717, 1.165) is 12.1 Å². The molecule has 1 atom stereocenters. The van der Waals surface area contributed by atoms with Crippen LogP contribution in [0.4, 0.5) is 5.69 Å². The van der Waals surface area contributed by atoms with E-state index in [1.165, 1.54) is 5.56 Å². The first-order valence-corrected chi connectivity index (χ1v) is 6.88. The molecule has 1 aromatic rings. The average Bonchev–Trinajstić information content (AvgIpc) is 2.45. The van der Waals surface area contributed by atoms with Crippen molar-refractivity contribution >= 4 is 17.5 Å². The number of carbonyl (C=O) groups is 2. The van der Waals surface area contributed by atoms with Gasteiger partial charge in [0.15, 0.2) is 0 Å². The van der Waals surface area contributed by atoms with Crippen molar-refractivity contribution in [1.29, 1.82) is 0 Å². The lowest BCUT2D eigenvalue weighted by Gasteiger charge is -2.22. The first kappa shape index (κ1) is 15.2. The van der Waals surface area contributed by atoms with Crippen molar-refractivity contribution in [2.45, 2.75) is 46.1 Å². The topological polar surface area (TPSA) is 58.2 Å². The average molecular weight is 262 g/mol. The van der Waals surface area contributed by atoms with Crippen molar-refractivity contribution in [2.24, 2.45) is 0 Å². The standard InChI is InChI=1S/C13H16N2O2.C2H6/c1-2-9-3-5-10(6-4-9)14-11-7-8-12(16)15-13(11)17;1-2/h3-6,11,14H,2,7-8H2,1H3,(H,15,16,17);1-2H3. The van der Waals surface area contributed by atoms with Crippen molar-refractivity contribution < 1.29 is 9.59 Å². The molecule has 104 valence electrons. The Labute approximate surface area is 114 Å². The summed E-state index contributed by atoms with van der Waals surface area (Å²) in [5.74, 6) is -0.421. The molecule has 19 heavy (non-hydrogen) atoms. The van der Waals surface area contributed by atoms with Gasteiger partial charge < -0.3 is 5.32 Å². The summed E-state index contributed by atoms with van der Waals surface area (Å²) in [5, 5.41) is 5.47. The maximum Gasteiger partial charge on any atom is 0.249 e. The van der Waals surface area contributed by atoms with Crippen LogP contribution in [0.1, 0.15) is 39.2 Å². The maximum atomic E-state index is 11.5. The van der Waals surface area contributed by atoms with E-state index in [9.17, 15) is 9.59 Å². The van der Waals surface area contributed by atoms with Gasteiger partial charge in [-0.2, -0.15) is 0 Å². The third-order valence-corrected chi connectivity index (χ3v) is 2.94. The molecule has 4 nitrogen and oxygen atoms in total. The molecule has 1 aromatic carbocycles. The zero-order valence-corrected chi connectivity index (χ0v) is 11.8. The van der Waals surface area contributed by atoms with Gasteiger partial charge in [-0.3, -0.25) is 14.9 Å². The van der Waals surface area contributed by atoms with Crippen LogP contribution in [0.25, 0.3) is 0 Å². The van der Waals surface area contributed by atoms with Gasteiger partial charge in [-0.05, 0) is 30.5 Å². The van der Waals surface area contributed by atoms with Crippen molar-refractivity contribution in [1.82, 2.24) is 5.32 Å². The van der Waals surface area contributed by atoms with Crippen LogP contribution in [-0.2, 0) is 16.0 Å². The van der Waals surface area contributed by atoms with Gasteiger partial charge in [-0.15, -0.1) is 0 Å². The van der Waals surface area contributed by atoms with E-state index in [1.807, 2.05) is 38.1 Å². The van der Waals surface area contributed by atoms with Gasteiger partial charge in [0.2, 0.25) is 11.8 Å². The molecule has 0 bridgehead atoms. The second-order valence-corrected chi connectivity index (χ2v) is 4.20. The predicted octanol–water partition coefficient (Wildman–Crippen LogP) is 2.49. The van der Waals surface area contributed by atoms with Crippen LogP contribution in [0.5, 0.6) is 0 Å². The summed E-state index contributed by atoms with van der Waals surface area (Å²) in [7, 11) is 0. The minimum atomic E-state index is -0.305. The first-order chi connectivity index (χ1) is 9.19. The van der Waals surface area contributed by atoms with Crippen LogP contribution in [0.2, 0.25) is 0 Å². The molecule has 1 aliphatic rings. The second-order valence-electron chi connectivity index (χ2n) is 4.20. The molecule has 1 aliphatic heterocycles. The molecule has 2 N–H and O–H groups in total. The fourth-order valence-electron chi connectivity index (χ4n) is 1.87. The van der Waals surface area contributed by atoms with Gasteiger partial charge >= 0.3 is 0 Å². The van der Waals surface area contributed by atoms with Gasteiger partial charge in [-0.25, -0.2) is 0 Å². The van der Waals surface area contributed by atoms with Gasteiger partial charge in [0.1, 0.15) is 6.04 Å². The van der Waals surface area contributed by atoms with E-state index >= 15 is 0 Å². The predicted molar refractivity (Wildman–Crippen MR) is 77.0 cm³/mol. The van der Waals surface area contributed by atoms with Crippen LogP contribution in [0.15, 0.2) is 24.3 Å². The number of carbonyl (C=O) groups excluding carboxylic acids is 2. The van der Waals surface area contributed by atoms with Gasteiger partial charge in [0, 0.05) is 12.1 Å². The largest absolute Gasteiger partial charge is 0.374 e. The van der Waals surface area contributed by atoms with Crippen LogP contribution in [0, 0.1) is 0 Å². The van der Waals surface area contributed by atoms with Gasteiger partial charge in [0.05, 0.1) is 0 Å². The van der Waals surface area contributed by atoms with E-state index in [-0.39, 0.29) is 17.9 Å². The fraction of sp³-hybridized carbons (Fsp3) is 0.467. The fourth-order valence-corrected chi connectivity index (χ4v) is 1.87. The van der Waals surface area contributed by atoms with Crippen molar-refractivity contribution in [3.05, 3.63) is 29.8 Å². The first-order valence-electron chi connectivity index (χ1n) is 6.88. The molecule has 0 radical (unpaired) electrons. The number of hydrogen-bond acceptors (Lipinski definition) is 3. The summed E-state index contributed by atoms with van der Waals surface area (Å²) in [6.07, 6.45) is 1.95. The SMILES string of the molecule is CC.CCc1ccc(NC2CCC(=O)NC2=O)cc1. The van der Waals surface area contributed by atoms with E-state index < -0.39 is 0 Å². The Balaban J connectivity index is 0.000000861. The van der Waals surface area contributed by atoms with E-state index in [2.05, 4.69) is 17.6 Å². The Kier molecular flexibility index (Phi) is 6.06. The Hall–Kier alpha value is -1.84. The lowest BCUT2D eigenvalue weighted by Crippen LogP contribution is -2.47. The maximum absolute atomic E-state index is 11.5. The molecular formula is C15H22N2O2. The van der Waals surface area contributed by atoms with Crippen molar-refractivity contribution in [3.63, 3.8) is 0 Å². The Morgan fingerprint density at radius 3 is 2.37 bits per heavy atom. The Morgan fingerprint density at radius 2 is 1.84 bits per heavy atom. The van der Waals surface area contributed by atoms with Crippen molar-refractivity contribution in [3.8, 4) is 0 Å². The summed E-state index contributed by atoms with van der Waals surface area (Å²) in [6.45, 7) is 6.10. The number of imide groups is 1. The third-order valence-electron chi connectivity index (χ3n) is 2.94. The molecule has 1 saturated heterocycles. The van der Waals surface area contributed by atoms with Crippen molar-refractivity contribution in [2.75, 3.05) is 5.32 Å². The number of rotatable bonds is 3. The normalized spacial score (nSPS) is 18.2. The number of aryl methyl sites for hydroxylation is 1.